The number of aromatic nitrogens is 3. The molecule has 7 heteroatoms. The summed E-state index contributed by atoms with van der Waals surface area (Å²) in [6.07, 6.45) is 5.01. The Morgan fingerprint density at radius 1 is 1.33 bits per heavy atom. The van der Waals surface area contributed by atoms with Gasteiger partial charge in [-0.1, -0.05) is 6.07 Å². The number of piperidine rings is 1. The third-order valence-electron chi connectivity index (χ3n) is 5.02. The number of rotatable bonds is 5. The molecule has 1 atom stereocenters. The van der Waals surface area contributed by atoms with Crippen LogP contribution >= 0.6 is 0 Å². The Hall–Kier alpha value is -2.64. The highest BCUT2D eigenvalue weighted by atomic mass is 16.5. The predicted molar refractivity (Wildman–Crippen MR) is 102 cm³/mol. The van der Waals surface area contributed by atoms with Crippen LogP contribution in [0.3, 0.4) is 0 Å². The van der Waals surface area contributed by atoms with Crippen molar-refractivity contribution in [2.75, 3.05) is 26.8 Å². The number of aliphatic hydroxyl groups excluding tert-OH is 1. The fourth-order valence-corrected chi connectivity index (χ4v) is 3.64. The fourth-order valence-electron chi connectivity index (χ4n) is 3.64. The molecule has 0 saturated carbocycles. The Morgan fingerprint density at radius 3 is 3.04 bits per heavy atom. The zero-order valence-electron chi connectivity index (χ0n) is 15.4. The van der Waals surface area contributed by atoms with Crippen LogP contribution < -0.4 is 0 Å². The molecule has 4 rings (SSSR count). The second-order valence-corrected chi connectivity index (χ2v) is 6.90. The van der Waals surface area contributed by atoms with Crippen molar-refractivity contribution in [2.24, 2.45) is 0 Å². The lowest BCUT2D eigenvalue weighted by Crippen LogP contribution is -2.42. The molecule has 1 fully saturated rings. The van der Waals surface area contributed by atoms with Gasteiger partial charge < -0.3 is 19.1 Å². The topological polar surface area (TPSA) is 72.0 Å². The number of β-amino-alcohol motifs (C(OH)–C–C–N with tert-alkyl or cyclic N) is 1. The molecule has 0 aromatic carbocycles. The van der Waals surface area contributed by atoms with Crippen molar-refractivity contribution in [3.8, 4) is 11.4 Å². The summed E-state index contributed by atoms with van der Waals surface area (Å²) < 4.78 is 8.94. The molecular weight excluding hydrogens is 344 g/mol. The number of amides is 1. The SMILES string of the molecule is COCCn1ccc(-c2cc(C(=O)N3CCCC(O)C3)c3ccccn23)n1. The summed E-state index contributed by atoms with van der Waals surface area (Å²) in [6, 6.07) is 9.67. The van der Waals surface area contributed by atoms with Gasteiger partial charge in [0.25, 0.3) is 5.91 Å². The minimum Gasteiger partial charge on any atom is -0.391 e. The van der Waals surface area contributed by atoms with E-state index in [1.807, 2.05) is 51.8 Å². The Labute approximate surface area is 157 Å². The van der Waals surface area contributed by atoms with Crippen molar-refractivity contribution in [1.82, 2.24) is 19.1 Å². The smallest absolute Gasteiger partial charge is 0.256 e. The van der Waals surface area contributed by atoms with Crippen LogP contribution in [0.4, 0.5) is 0 Å². The van der Waals surface area contributed by atoms with Gasteiger partial charge in [-0.3, -0.25) is 9.48 Å². The summed E-state index contributed by atoms with van der Waals surface area (Å²) in [4.78, 5) is 14.9. The average molecular weight is 368 g/mol. The molecule has 1 N–H and O–H groups in total. The van der Waals surface area contributed by atoms with Crippen LogP contribution in [-0.2, 0) is 11.3 Å². The fraction of sp³-hybridized carbons (Fsp3) is 0.400. The van der Waals surface area contributed by atoms with E-state index in [0.717, 1.165) is 29.7 Å². The third-order valence-corrected chi connectivity index (χ3v) is 5.02. The lowest BCUT2D eigenvalue weighted by molar-refractivity contribution is 0.0475. The average Bonchev–Trinajstić information content (AvgIpc) is 3.30. The minimum absolute atomic E-state index is 0.0393. The molecule has 0 spiro atoms. The first-order valence-electron chi connectivity index (χ1n) is 9.27. The van der Waals surface area contributed by atoms with Gasteiger partial charge in [-0.05, 0) is 37.1 Å². The maximum atomic E-state index is 13.1. The third kappa shape index (κ3) is 3.48. The molecule has 142 valence electrons. The summed E-state index contributed by atoms with van der Waals surface area (Å²) in [7, 11) is 1.67. The number of methoxy groups -OCH3 is 1. The number of ether oxygens (including phenoxy) is 1. The number of carbonyl (C=O) groups is 1. The number of aliphatic hydroxyl groups is 1. The normalized spacial score (nSPS) is 17.6. The molecule has 0 bridgehead atoms. The summed E-state index contributed by atoms with van der Waals surface area (Å²) in [5, 5.41) is 14.5. The maximum absolute atomic E-state index is 13.1. The van der Waals surface area contributed by atoms with Crippen molar-refractivity contribution in [1.29, 1.82) is 0 Å². The van der Waals surface area contributed by atoms with E-state index in [1.165, 1.54) is 0 Å². The van der Waals surface area contributed by atoms with Gasteiger partial charge in [0.15, 0.2) is 0 Å². The molecule has 0 aliphatic carbocycles. The maximum Gasteiger partial charge on any atom is 0.256 e. The molecule has 27 heavy (non-hydrogen) atoms. The molecule has 3 aromatic rings. The van der Waals surface area contributed by atoms with Gasteiger partial charge in [-0.25, -0.2) is 0 Å². The number of pyridine rings is 1. The zero-order valence-corrected chi connectivity index (χ0v) is 15.4. The first-order chi connectivity index (χ1) is 13.2. The Kier molecular flexibility index (Phi) is 4.96. The van der Waals surface area contributed by atoms with Gasteiger partial charge in [-0.2, -0.15) is 5.10 Å². The van der Waals surface area contributed by atoms with Gasteiger partial charge in [0, 0.05) is 32.6 Å². The second-order valence-electron chi connectivity index (χ2n) is 6.90. The van der Waals surface area contributed by atoms with Gasteiger partial charge in [0.1, 0.15) is 5.69 Å². The Bertz CT molecular complexity index is 946. The van der Waals surface area contributed by atoms with E-state index >= 15 is 0 Å². The van der Waals surface area contributed by atoms with Crippen LogP contribution in [0.15, 0.2) is 42.7 Å². The Balaban J connectivity index is 1.71. The van der Waals surface area contributed by atoms with Crippen LogP contribution in [0.1, 0.15) is 23.2 Å². The van der Waals surface area contributed by atoms with E-state index in [0.29, 0.717) is 31.8 Å². The van der Waals surface area contributed by atoms with Gasteiger partial charge in [0.2, 0.25) is 0 Å². The number of nitrogens with zero attached hydrogens (tertiary/aromatic N) is 4. The highest BCUT2D eigenvalue weighted by Gasteiger charge is 2.26. The zero-order chi connectivity index (χ0) is 18.8. The summed E-state index contributed by atoms with van der Waals surface area (Å²) in [6.45, 7) is 2.35. The van der Waals surface area contributed by atoms with Gasteiger partial charge in [-0.15, -0.1) is 0 Å². The standard InChI is InChI=1S/C20H24N4O3/c1-27-12-11-23-10-7-17(21-23)19-13-16(18-6-2-3-9-24(18)19)20(26)22-8-4-5-15(25)14-22/h2-3,6-7,9-10,13,15,25H,4-5,8,11-12,14H2,1H3. The molecule has 1 aliphatic heterocycles. The number of hydrogen-bond acceptors (Lipinski definition) is 4. The molecule has 4 heterocycles. The molecular formula is C20H24N4O3. The highest BCUT2D eigenvalue weighted by molar-refractivity contribution is 6.02. The van der Waals surface area contributed by atoms with Crippen molar-refractivity contribution in [3.05, 3.63) is 48.3 Å². The molecule has 0 radical (unpaired) electrons. The van der Waals surface area contributed by atoms with Crippen molar-refractivity contribution < 1.29 is 14.6 Å². The van der Waals surface area contributed by atoms with E-state index in [1.54, 1.807) is 12.0 Å². The lowest BCUT2D eigenvalue weighted by atomic mass is 10.1. The van der Waals surface area contributed by atoms with Crippen LogP contribution in [0, 0.1) is 0 Å². The number of fused-ring (bicyclic) bond motifs is 1. The second kappa shape index (κ2) is 7.54. The Morgan fingerprint density at radius 2 is 2.22 bits per heavy atom. The minimum atomic E-state index is -0.437. The van der Waals surface area contributed by atoms with Crippen LogP contribution in [0.2, 0.25) is 0 Å². The van der Waals surface area contributed by atoms with Crippen molar-refractivity contribution >= 4 is 11.4 Å². The van der Waals surface area contributed by atoms with Crippen molar-refractivity contribution in [3.63, 3.8) is 0 Å². The quantitative estimate of drug-likeness (QED) is 0.748. The molecule has 1 amide bonds. The molecule has 1 saturated heterocycles. The number of likely N-dealkylation sites (tertiary alicyclic amines) is 1. The van der Waals surface area contributed by atoms with E-state index in [-0.39, 0.29) is 5.91 Å². The molecule has 7 nitrogen and oxygen atoms in total. The molecule has 1 aliphatic rings. The largest absolute Gasteiger partial charge is 0.391 e. The first kappa shape index (κ1) is 17.8. The van der Waals surface area contributed by atoms with Gasteiger partial charge >= 0.3 is 0 Å². The van der Waals surface area contributed by atoms with E-state index in [9.17, 15) is 9.90 Å². The van der Waals surface area contributed by atoms with Crippen LogP contribution in [0.5, 0.6) is 0 Å². The van der Waals surface area contributed by atoms with Crippen LogP contribution in [-0.4, -0.2) is 63.0 Å². The summed E-state index contributed by atoms with van der Waals surface area (Å²) in [5.41, 5.74) is 3.18. The first-order valence-corrected chi connectivity index (χ1v) is 9.27. The lowest BCUT2D eigenvalue weighted by Gasteiger charge is -2.30. The van der Waals surface area contributed by atoms with E-state index in [4.69, 9.17) is 4.74 Å². The molecule has 3 aromatic heterocycles. The summed E-state index contributed by atoms with van der Waals surface area (Å²) >= 11 is 0. The number of carbonyl (C=O) groups excluding carboxylic acids is 1. The van der Waals surface area contributed by atoms with Crippen LogP contribution in [0.25, 0.3) is 16.9 Å². The van der Waals surface area contributed by atoms with E-state index < -0.39 is 6.10 Å². The van der Waals surface area contributed by atoms with Gasteiger partial charge in [0.05, 0.1) is 36.0 Å². The highest BCUT2D eigenvalue weighted by Crippen LogP contribution is 2.27. The van der Waals surface area contributed by atoms with Crippen molar-refractivity contribution in [2.45, 2.75) is 25.5 Å². The number of hydrogen-bond donors (Lipinski definition) is 1. The van der Waals surface area contributed by atoms with E-state index in [2.05, 4.69) is 5.10 Å². The predicted octanol–water partition coefficient (Wildman–Crippen LogP) is 2.05. The summed E-state index contributed by atoms with van der Waals surface area (Å²) in [5.74, 6) is -0.0393. The molecule has 1 unspecified atom stereocenters. The monoisotopic (exact) mass is 368 g/mol.